The average molecular weight is 231 g/mol. The van der Waals surface area contributed by atoms with E-state index in [0.29, 0.717) is 10.4 Å². The topological polar surface area (TPSA) is 37.3 Å². The van der Waals surface area contributed by atoms with Crippen LogP contribution in [0.5, 0.6) is 0 Å². The van der Waals surface area contributed by atoms with Crippen LogP contribution in [-0.4, -0.2) is 18.4 Å². The van der Waals surface area contributed by atoms with E-state index in [1.165, 1.54) is 5.56 Å². The van der Waals surface area contributed by atoms with Crippen molar-refractivity contribution in [3.63, 3.8) is 0 Å². The van der Waals surface area contributed by atoms with Crippen molar-refractivity contribution in [2.24, 2.45) is 0 Å². The molecule has 0 aliphatic heterocycles. The second kappa shape index (κ2) is 3.94. The Labute approximate surface area is 76.6 Å². The first-order valence-electron chi connectivity index (χ1n) is 3.82. The third kappa shape index (κ3) is 2.24. The Kier molecular flexibility index (Phi) is 3.15. The summed E-state index contributed by atoms with van der Waals surface area (Å²) in [5.74, 6) is 0.475. The van der Waals surface area contributed by atoms with Crippen molar-refractivity contribution in [1.29, 1.82) is 0 Å². The molecule has 0 heterocycles. The molecule has 0 aliphatic carbocycles. The van der Waals surface area contributed by atoms with Crippen LogP contribution in [0.25, 0.3) is 0 Å². The Morgan fingerprint density at radius 3 is 2.08 bits per heavy atom. The van der Waals surface area contributed by atoms with E-state index in [2.05, 4.69) is 13.8 Å². The van der Waals surface area contributed by atoms with E-state index < -0.39 is 14.2 Å². The van der Waals surface area contributed by atoms with Crippen LogP contribution < -0.4 is 4.46 Å². The molecule has 1 aromatic rings. The van der Waals surface area contributed by atoms with E-state index in [-0.39, 0.29) is 0 Å². The van der Waals surface area contributed by atoms with Gasteiger partial charge in [-0.1, -0.05) is 0 Å². The molecule has 0 spiro atoms. The van der Waals surface area contributed by atoms with E-state index in [9.17, 15) is 3.83 Å². The van der Waals surface area contributed by atoms with Crippen LogP contribution in [0.4, 0.5) is 0 Å². The van der Waals surface area contributed by atoms with Crippen molar-refractivity contribution >= 4 is 18.6 Å². The monoisotopic (exact) mass is 232 g/mol. The molecule has 66 valence electrons. The summed E-state index contributed by atoms with van der Waals surface area (Å²) in [4.78, 5) is 0. The van der Waals surface area contributed by atoms with Gasteiger partial charge in [0.15, 0.2) is 0 Å². The van der Waals surface area contributed by atoms with Gasteiger partial charge in [0, 0.05) is 0 Å². The van der Waals surface area contributed by atoms with Gasteiger partial charge in [0.1, 0.15) is 0 Å². The molecular formula is C9H12O2Se. The number of benzene rings is 1. The summed E-state index contributed by atoms with van der Waals surface area (Å²) in [6.07, 6.45) is 0. The van der Waals surface area contributed by atoms with E-state index in [0.717, 1.165) is 0 Å². The van der Waals surface area contributed by atoms with Crippen LogP contribution in [0.3, 0.4) is 0 Å². The minimum atomic E-state index is -2.71. The second-order valence-electron chi connectivity index (χ2n) is 2.97. The molecule has 0 fully saturated rings. The molecule has 0 radical (unpaired) electrons. The summed E-state index contributed by atoms with van der Waals surface area (Å²) in [5.41, 5.74) is 1.20. The Morgan fingerprint density at radius 2 is 1.75 bits per heavy atom. The predicted octanol–water partition coefficient (Wildman–Crippen LogP) is 0.928. The summed E-state index contributed by atoms with van der Waals surface area (Å²) >= 11 is -2.71. The van der Waals surface area contributed by atoms with Gasteiger partial charge in [0.05, 0.1) is 0 Å². The molecule has 1 atom stereocenters. The molecule has 1 aromatic carbocycles. The first-order valence-corrected chi connectivity index (χ1v) is 6.14. The summed E-state index contributed by atoms with van der Waals surface area (Å²) in [5, 5.41) is 0. The summed E-state index contributed by atoms with van der Waals surface area (Å²) < 4.78 is 20.1. The van der Waals surface area contributed by atoms with Crippen molar-refractivity contribution in [3.8, 4) is 0 Å². The van der Waals surface area contributed by atoms with E-state index in [1.54, 1.807) is 12.1 Å². The van der Waals surface area contributed by atoms with Crippen molar-refractivity contribution in [1.82, 2.24) is 0 Å². The zero-order chi connectivity index (χ0) is 9.14. The molecule has 3 heteroatoms. The molecular weight excluding hydrogens is 219 g/mol. The van der Waals surface area contributed by atoms with Gasteiger partial charge in [-0.2, -0.15) is 0 Å². The van der Waals surface area contributed by atoms with Crippen LogP contribution in [-0.2, 0) is 3.83 Å². The number of hydrogen-bond donors (Lipinski definition) is 1. The minimum absolute atomic E-state index is 0.475. The Bertz CT molecular complexity index is 277. The van der Waals surface area contributed by atoms with Crippen LogP contribution in [0, 0.1) is 0 Å². The second-order valence-corrected chi connectivity index (χ2v) is 5.01. The molecule has 0 saturated carbocycles. The van der Waals surface area contributed by atoms with Gasteiger partial charge in [-0.15, -0.1) is 0 Å². The molecule has 0 aliphatic rings. The Balaban J connectivity index is 2.93. The normalized spacial score (nSPS) is 13.3. The van der Waals surface area contributed by atoms with Gasteiger partial charge >= 0.3 is 76.2 Å². The average Bonchev–Trinajstić information content (AvgIpc) is 2.04. The van der Waals surface area contributed by atoms with Gasteiger partial charge in [0.25, 0.3) is 0 Å². The molecule has 0 amide bonds. The molecule has 0 bridgehead atoms. The van der Waals surface area contributed by atoms with Crippen molar-refractivity contribution in [3.05, 3.63) is 29.8 Å². The van der Waals surface area contributed by atoms with Crippen LogP contribution in [0.1, 0.15) is 25.3 Å². The Morgan fingerprint density at radius 1 is 1.25 bits per heavy atom. The SMILES string of the molecule is CC(C)c1ccc([Se](=O)O)cc1. The molecule has 12 heavy (non-hydrogen) atoms. The molecule has 2 nitrogen and oxygen atoms in total. The molecule has 0 saturated heterocycles. The fourth-order valence-corrected chi connectivity index (χ4v) is 1.74. The zero-order valence-electron chi connectivity index (χ0n) is 7.15. The quantitative estimate of drug-likeness (QED) is 0.769. The van der Waals surface area contributed by atoms with Crippen molar-refractivity contribution < 1.29 is 8.02 Å². The number of rotatable bonds is 2. The summed E-state index contributed by atoms with van der Waals surface area (Å²) in [7, 11) is 0. The van der Waals surface area contributed by atoms with Gasteiger partial charge < -0.3 is 0 Å². The summed E-state index contributed by atoms with van der Waals surface area (Å²) in [6, 6.07) is 7.27. The maximum absolute atomic E-state index is 10.7. The Hall–Kier alpha value is -0.501. The summed E-state index contributed by atoms with van der Waals surface area (Å²) in [6.45, 7) is 4.19. The zero-order valence-corrected chi connectivity index (χ0v) is 8.86. The first kappa shape index (κ1) is 9.59. The molecule has 0 aromatic heterocycles. The van der Waals surface area contributed by atoms with Gasteiger partial charge in [-0.25, -0.2) is 0 Å². The van der Waals surface area contributed by atoms with Crippen LogP contribution in [0.2, 0.25) is 0 Å². The fraction of sp³-hybridized carbons (Fsp3) is 0.333. The van der Waals surface area contributed by atoms with E-state index in [4.69, 9.17) is 4.19 Å². The molecule has 1 rings (SSSR count). The van der Waals surface area contributed by atoms with Gasteiger partial charge in [0.2, 0.25) is 0 Å². The maximum atomic E-state index is 10.7. The molecule has 1 N–H and O–H groups in total. The molecule has 1 unspecified atom stereocenters. The van der Waals surface area contributed by atoms with Crippen LogP contribution in [0.15, 0.2) is 24.3 Å². The first-order chi connectivity index (χ1) is 5.61. The number of hydrogen-bond acceptors (Lipinski definition) is 1. The predicted molar refractivity (Wildman–Crippen MR) is 48.8 cm³/mol. The van der Waals surface area contributed by atoms with Crippen LogP contribution >= 0.6 is 0 Å². The standard InChI is InChI=1S/C9H12O2Se/c1-7(2)8-3-5-9(6-4-8)12(10)11/h3-7H,1-2H3,(H,10,11). The van der Waals surface area contributed by atoms with E-state index >= 15 is 0 Å². The third-order valence-electron chi connectivity index (χ3n) is 1.75. The van der Waals surface area contributed by atoms with Gasteiger partial charge in [-0.05, 0) is 0 Å². The third-order valence-corrected chi connectivity index (χ3v) is 3.17. The fourth-order valence-electron chi connectivity index (χ4n) is 0.969. The van der Waals surface area contributed by atoms with Gasteiger partial charge in [-0.3, -0.25) is 0 Å². The van der Waals surface area contributed by atoms with Crippen molar-refractivity contribution in [2.75, 3.05) is 0 Å². The van der Waals surface area contributed by atoms with Crippen molar-refractivity contribution in [2.45, 2.75) is 19.8 Å². The van der Waals surface area contributed by atoms with E-state index in [1.807, 2.05) is 12.1 Å².